The Balaban J connectivity index is 1.22. The number of hydrogen-bond acceptors (Lipinski definition) is 6. The van der Waals surface area contributed by atoms with Crippen LogP contribution in [0.25, 0.3) is 11.0 Å². The number of carbonyl (C=O) groups excluding carboxylic acids is 2. The van der Waals surface area contributed by atoms with E-state index in [4.69, 9.17) is 16.0 Å². The van der Waals surface area contributed by atoms with Gasteiger partial charge in [0.15, 0.2) is 11.2 Å². The third-order valence-electron chi connectivity index (χ3n) is 9.87. The van der Waals surface area contributed by atoms with Crippen molar-refractivity contribution in [2.24, 2.45) is 11.3 Å². The molecule has 1 saturated carbocycles. The van der Waals surface area contributed by atoms with Crippen molar-refractivity contribution in [1.82, 2.24) is 25.0 Å². The second-order valence-electron chi connectivity index (χ2n) is 12.6. The Morgan fingerprint density at radius 2 is 1.78 bits per heavy atom. The molecule has 9 nitrogen and oxygen atoms in total. The van der Waals surface area contributed by atoms with Crippen LogP contribution >= 0.6 is 11.6 Å². The van der Waals surface area contributed by atoms with Gasteiger partial charge < -0.3 is 14.6 Å². The topological polar surface area (TPSA) is 110 Å². The zero-order valence-corrected chi connectivity index (χ0v) is 26.5. The van der Waals surface area contributed by atoms with Gasteiger partial charge in [-0.1, -0.05) is 56.0 Å². The van der Waals surface area contributed by atoms with E-state index in [9.17, 15) is 14.4 Å². The first-order chi connectivity index (χ1) is 21.8. The molecule has 10 heteroatoms. The highest BCUT2D eigenvalue weighted by atomic mass is 35.5. The molecule has 2 amide bonds. The second kappa shape index (κ2) is 13.6. The minimum atomic E-state index is -0.848. The summed E-state index contributed by atoms with van der Waals surface area (Å²) in [6.07, 6.45) is 12.3. The fourth-order valence-corrected chi connectivity index (χ4v) is 7.39. The van der Waals surface area contributed by atoms with Crippen molar-refractivity contribution in [3.63, 3.8) is 0 Å². The number of aromatic nitrogens is 3. The number of halogens is 1. The van der Waals surface area contributed by atoms with Gasteiger partial charge in [-0.05, 0) is 78.8 Å². The Morgan fingerprint density at radius 1 is 1.04 bits per heavy atom. The molecular weight excluding hydrogens is 590 g/mol. The highest BCUT2D eigenvalue weighted by Gasteiger charge is 2.44. The number of likely N-dealkylation sites (tertiary alicyclic amines) is 1. The van der Waals surface area contributed by atoms with Crippen LogP contribution in [0.4, 0.5) is 0 Å². The van der Waals surface area contributed by atoms with E-state index in [2.05, 4.69) is 15.4 Å². The molecule has 1 aliphatic carbocycles. The molecular formula is C35H40ClN5O4. The summed E-state index contributed by atoms with van der Waals surface area (Å²) in [5.74, 6) is -0.275. The third kappa shape index (κ3) is 6.98. The lowest BCUT2D eigenvalue weighted by atomic mass is 9.63. The first-order valence-electron chi connectivity index (χ1n) is 16.1. The predicted molar refractivity (Wildman–Crippen MR) is 173 cm³/mol. The summed E-state index contributed by atoms with van der Waals surface area (Å²) in [7, 11) is 0. The Hall–Kier alpha value is -3.98. The van der Waals surface area contributed by atoms with Crippen LogP contribution in [0, 0.1) is 11.3 Å². The molecule has 1 aliphatic heterocycles. The van der Waals surface area contributed by atoms with Crippen molar-refractivity contribution >= 4 is 34.4 Å². The van der Waals surface area contributed by atoms with Crippen molar-refractivity contribution in [2.75, 3.05) is 13.1 Å². The number of benzene rings is 2. The molecule has 1 saturated heterocycles. The van der Waals surface area contributed by atoms with Crippen LogP contribution in [-0.4, -0.2) is 50.6 Å². The van der Waals surface area contributed by atoms with Gasteiger partial charge in [-0.25, -0.2) is 4.98 Å². The van der Waals surface area contributed by atoms with Gasteiger partial charge in [-0.15, -0.1) is 0 Å². The summed E-state index contributed by atoms with van der Waals surface area (Å²) >= 11 is 6.12. The molecule has 45 heavy (non-hydrogen) atoms. The molecule has 2 aromatic carbocycles. The van der Waals surface area contributed by atoms with Crippen molar-refractivity contribution in [3.8, 4) is 0 Å². The van der Waals surface area contributed by atoms with Crippen LogP contribution < -0.4 is 10.7 Å². The number of aryl methyl sites for hydroxylation is 1. The highest BCUT2D eigenvalue weighted by molar-refractivity contribution is 6.30. The predicted octanol–water partition coefficient (Wildman–Crippen LogP) is 5.83. The highest BCUT2D eigenvalue weighted by Crippen LogP contribution is 2.47. The average Bonchev–Trinajstić information content (AvgIpc) is 3.58. The maximum absolute atomic E-state index is 14.2. The monoisotopic (exact) mass is 629 g/mol. The summed E-state index contributed by atoms with van der Waals surface area (Å²) in [4.78, 5) is 46.7. The molecule has 6 rings (SSSR count). The molecule has 0 bridgehead atoms. The minimum absolute atomic E-state index is 0.0476. The lowest BCUT2D eigenvalue weighted by Crippen LogP contribution is -2.54. The maximum atomic E-state index is 14.2. The van der Waals surface area contributed by atoms with Crippen LogP contribution in [0.1, 0.15) is 73.6 Å². The second-order valence-corrected chi connectivity index (χ2v) is 13.1. The normalized spacial score (nSPS) is 17.7. The Labute approximate surface area is 268 Å². The summed E-state index contributed by atoms with van der Waals surface area (Å²) in [6.45, 7) is 4.01. The van der Waals surface area contributed by atoms with E-state index in [1.54, 1.807) is 36.9 Å². The quantitative estimate of drug-likeness (QED) is 0.249. The lowest BCUT2D eigenvalue weighted by molar-refractivity contribution is -0.136. The zero-order chi connectivity index (χ0) is 31.4. The van der Waals surface area contributed by atoms with E-state index in [1.165, 1.54) is 38.2 Å². The van der Waals surface area contributed by atoms with Crippen LogP contribution in [-0.2, 0) is 24.2 Å². The van der Waals surface area contributed by atoms with Crippen LogP contribution in [0.15, 0.2) is 70.4 Å². The van der Waals surface area contributed by atoms with Gasteiger partial charge >= 0.3 is 0 Å². The minimum Gasteiger partial charge on any atom is -0.451 e. The molecule has 0 spiro atoms. The molecule has 3 heterocycles. The van der Waals surface area contributed by atoms with E-state index in [0.717, 1.165) is 36.9 Å². The summed E-state index contributed by atoms with van der Waals surface area (Å²) in [5, 5.41) is 8.35. The molecule has 1 N–H and O–H groups in total. The maximum Gasteiger partial charge on any atom is 0.287 e. The van der Waals surface area contributed by atoms with Gasteiger partial charge in [0.25, 0.3) is 5.91 Å². The lowest BCUT2D eigenvalue weighted by Gasteiger charge is -2.48. The smallest absolute Gasteiger partial charge is 0.287 e. The molecule has 2 fully saturated rings. The Morgan fingerprint density at radius 3 is 2.47 bits per heavy atom. The summed E-state index contributed by atoms with van der Waals surface area (Å²) in [6, 6.07) is 13.0. The molecule has 2 aromatic heterocycles. The van der Waals surface area contributed by atoms with E-state index in [-0.39, 0.29) is 28.9 Å². The molecule has 1 atom stereocenters. The summed E-state index contributed by atoms with van der Waals surface area (Å²) < 4.78 is 7.81. The van der Waals surface area contributed by atoms with Crippen LogP contribution in [0.5, 0.6) is 0 Å². The van der Waals surface area contributed by atoms with Gasteiger partial charge in [0, 0.05) is 37.1 Å². The molecule has 236 valence electrons. The number of nitrogens with zero attached hydrogens (tertiary/aromatic N) is 4. The van der Waals surface area contributed by atoms with Gasteiger partial charge in [0.1, 0.15) is 24.3 Å². The van der Waals surface area contributed by atoms with Crippen LogP contribution in [0.3, 0.4) is 0 Å². The Bertz CT molecular complexity index is 1690. The fourth-order valence-electron chi connectivity index (χ4n) is 7.26. The van der Waals surface area contributed by atoms with Crippen molar-refractivity contribution in [1.29, 1.82) is 0 Å². The summed E-state index contributed by atoms with van der Waals surface area (Å²) in [5.41, 5.74) is 1.97. The van der Waals surface area contributed by atoms with E-state index >= 15 is 0 Å². The van der Waals surface area contributed by atoms with Gasteiger partial charge in [-0.2, -0.15) is 5.10 Å². The first-order valence-corrected chi connectivity index (χ1v) is 16.4. The van der Waals surface area contributed by atoms with Gasteiger partial charge in [0.05, 0.1) is 5.39 Å². The van der Waals surface area contributed by atoms with Crippen molar-refractivity contribution in [2.45, 2.75) is 77.3 Å². The van der Waals surface area contributed by atoms with E-state index in [1.807, 2.05) is 34.7 Å². The van der Waals surface area contributed by atoms with E-state index in [0.29, 0.717) is 35.0 Å². The molecule has 4 aromatic rings. The number of fused-ring (bicyclic) bond motifs is 1. The van der Waals surface area contributed by atoms with Gasteiger partial charge in [-0.3, -0.25) is 19.1 Å². The standard InChI is InChI=1S/C35H40ClN5O4/c1-2-24-10-13-31-28(18-24)30(42)20-32(45-31)33(43)39-29(19-25-8-11-27(36)12-9-25)34(44)40-16-14-35(15-17-40,21-41-23-37-22-38-41)26-6-4-3-5-7-26/h8-13,18,20,22-23,26,29H,2-7,14-17,19,21H2,1H3,(H,39,43)/t29-/m1/s1. The average molecular weight is 630 g/mol. The number of hydrogen-bond donors (Lipinski definition) is 1. The molecule has 0 unspecified atom stereocenters. The van der Waals surface area contributed by atoms with Crippen molar-refractivity contribution in [3.05, 3.63) is 93.3 Å². The van der Waals surface area contributed by atoms with Crippen LogP contribution in [0.2, 0.25) is 5.02 Å². The largest absolute Gasteiger partial charge is 0.451 e. The number of carbonyl (C=O) groups is 2. The molecule has 2 aliphatic rings. The fraction of sp³-hybridized carbons (Fsp3) is 0.457. The Kier molecular flexibility index (Phi) is 9.35. The zero-order valence-electron chi connectivity index (χ0n) is 25.7. The third-order valence-corrected chi connectivity index (χ3v) is 10.1. The van der Waals surface area contributed by atoms with Gasteiger partial charge in [0.2, 0.25) is 5.91 Å². The SMILES string of the molecule is CCc1ccc2oc(C(=O)N[C@H](Cc3ccc(Cl)cc3)C(=O)N3CCC(Cn4cncn4)(C4CCCCC4)CC3)cc(=O)c2c1. The van der Waals surface area contributed by atoms with Crippen molar-refractivity contribution < 1.29 is 14.0 Å². The number of amides is 2. The number of nitrogens with one attached hydrogen (secondary N) is 1. The first kappa shape index (κ1) is 31.0. The van der Waals surface area contributed by atoms with E-state index < -0.39 is 11.9 Å². The molecule has 0 radical (unpaired) electrons. The number of piperidine rings is 1. The number of rotatable bonds is 9.